The van der Waals surface area contributed by atoms with Crippen molar-refractivity contribution in [1.29, 1.82) is 5.26 Å². The molecule has 0 aromatic heterocycles. The topological polar surface area (TPSA) is 88.4 Å². The highest BCUT2D eigenvalue weighted by molar-refractivity contribution is 5.99. The summed E-state index contributed by atoms with van der Waals surface area (Å²) >= 11 is 0. The molecule has 6 heteroatoms. The number of anilines is 1. The number of rotatable bonds is 4. The van der Waals surface area contributed by atoms with Crippen LogP contribution in [0.1, 0.15) is 18.1 Å². The van der Waals surface area contributed by atoms with Gasteiger partial charge >= 0.3 is 5.97 Å². The predicted molar refractivity (Wildman–Crippen MR) is 95.3 cm³/mol. The summed E-state index contributed by atoms with van der Waals surface area (Å²) in [6.07, 6.45) is 0.725. The van der Waals surface area contributed by atoms with Crippen LogP contribution < -0.4 is 10.1 Å². The van der Waals surface area contributed by atoms with Gasteiger partial charge in [-0.05, 0) is 43.3 Å². The lowest BCUT2D eigenvalue weighted by Crippen LogP contribution is -2.31. The zero-order valence-electron chi connectivity index (χ0n) is 14.1. The van der Waals surface area contributed by atoms with E-state index in [1.165, 1.54) is 6.92 Å². The molecule has 0 unspecified atom stereocenters. The second kappa shape index (κ2) is 7.53. The minimum absolute atomic E-state index is 0.0970. The van der Waals surface area contributed by atoms with E-state index in [0.29, 0.717) is 22.6 Å². The van der Waals surface area contributed by atoms with Crippen molar-refractivity contribution in [1.82, 2.24) is 0 Å². The fourth-order valence-corrected chi connectivity index (χ4v) is 2.40. The lowest BCUT2D eigenvalue weighted by Gasteiger charge is -2.19. The number of esters is 1. The maximum atomic E-state index is 12.3. The number of nitriles is 1. The van der Waals surface area contributed by atoms with E-state index < -0.39 is 18.0 Å². The van der Waals surface area contributed by atoms with Crippen LogP contribution in [0.4, 0.5) is 5.69 Å². The van der Waals surface area contributed by atoms with Gasteiger partial charge < -0.3 is 14.8 Å². The van der Waals surface area contributed by atoms with Gasteiger partial charge in [0.1, 0.15) is 12.4 Å². The molecule has 3 rings (SSSR count). The van der Waals surface area contributed by atoms with Crippen molar-refractivity contribution in [3.8, 4) is 11.8 Å². The molecule has 0 spiro atoms. The van der Waals surface area contributed by atoms with Crippen molar-refractivity contribution >= 4 is 23.6 Å². The minimum Gasteiger partial charge on any atom is -0.488 e. The van der Waals surface area contributed by atoms with Gasteiger partial charge in [0.25, 0.3) is 5.91 Å². The molecule has 1 heterocycles. The monoisotopic (exact) mass is 348 g/mol. The van der Waals surface area contributed by atoms with Gasteiger partial charge in [-0.2, -0.15) is 5.26 Å². The molecule has 2 aromatic rings. The van der Waals surface area contributed by atoms with E-state index in [0.717, 1.165) is 5.56 Å². The number of hydrogen-bond acceptors (Lipinski definition) is 5. The summed E-state index contributed by atoms with van der Waals surface area (Å²) in [5.41, 5.74) is 2.15. The molecular formula is C20H16N2O4. The molecule has 1 atom stereocenters. The van der Waals surface area contributed by atoms with Gasteiger partial charge in [0, 0.05) is 11.3 Å². The first kappa shape index (κ1) is 17.2. The standard InChI is InChI=1S/C20H16N2O4/c1-13(19(23)22-17-8-6-14(11-21)7-9-17)26-20(24)16-10-15-4-2-3-5-18(15)25-12-16/h2-10,13H,12H2,1H3,(H,22,23)/t13-/m1/s1. The number of ether oxygens (including phenoxy) is 2. The number of carbonyl (C=O) groups is 2. The number of hydrogen-bond donors (Lipinski definition) is 1. The van der Waals surface area contributed by atoms with Gasteiger partial charge in [0.2, 0.25) is 0 Å². The quantitative estimate of drug-likeness (QED) is 0.858. The second-order valence-corrected chi connectivity index (χ2v) is 5.72. The van der Waals surface area contributed by atoms with Crippen LogP contribution in [0.15, 0.2) is 54.1 Å². The largest absolute Gasteiger partial charge is 0.488 e. The summed E-state index contributed by atoms with van der Waals surface area (Å²) in [7, 11) is 0. The molecule has 6 nitrogen and oxygen atoms in total. The molecule has 1 aliphatic heterocycles. The van der Waals surface area contributed by atoms with Crippen LogP contribution in [0, 0.1) is 11.3 Å². The van der Waals surface area contributed by atoms with E-state index in [9.17, 15) is 9.59 Å². The number of benzene rings is 2. The first-order valence-corrected chi connectivity index (χ1v) is 8.01. The molecular weight excluding hydrogens is 332 g/mol. The summed E-state index contributed by atoms with van der Waals surface area (Å²) in [5, 5.41) is 11.4. The molecule has 1 aliphatic rings. The Hall–Kier alpha value is -3.59. The number of amides is 1. The average molecular weight is 348 g/mol. The molecule has 26 heavy (non-hydrogen) atoms. The van der Waals surface area contributed by atoms with E-state index in [2.05, 4.69) is 5.32 Å². The lowest BCUT2D eigenvalue weighted by molar-refractivity contribution is -0.149. The van der Waals surface area contributed by atoms with Crippen LogP contribution in [-0.4, -0.2) is 24.6 Å². The van der Waals surface area contributed by atoms with E-state index in [1.54, 1.807) is 30.3 Å². The number of nitrogens with zero attached hydrogens (tertiary/aromatic N) is 1. The summed E-state index contributed by atoms with van der Waals surface area (Å²) < 4.78 is 10.8. The van der Waals surface area contributed by atoms with Crippen LogP contribution in [0.3, 0.4) is 0 Å². The summed E-state index contributed by atoms with van der Waals surface area (Å²) in [6, 6.07) is 15.8. The van der Waals surface area contributed by atoms with Crippen LogP contribution in [0.5, 0.6) is 5.75 Å². The Morgan fingerprint density at radius 1 is 1.19 bits per heavy atom. The van der Waals surface area contributed by atoms with Crippen molar-refractivity contribution < 1.29 is 19.1 Å². The first-order valence-electron chi connectivity index (χ1n) is 8.01. The third-order valence-electron chi connectivity index (χ3n) is 3.83. The fourth-order valence-electron chi connectivity index (χ4n) is 2.40. The van der Waals surface area contributed by atoms with Crippen LogP contribution in [0.2, 0.25) is 0 Å². The van der Waals surface area contributed by atoms with E-state index in [-0.39, 0.29) is 6.61 Å². The number of fused-ring (bicyclic) bond motifs is 1. The Balaban J connectivity index is 1.61. The highest BCUT2D eigenvalue weighted by atomic mass is 16.6. The third kappa shape index (κ3) is 3.90. The smallest absolute Gasteiger partial charge is 0.338 e. The minimum atomic E-state index is -0.976. The molecule has 0 radical (unpaired) electrons. The van der Waals surface area contributed by atoms with Crippen molar-refractivity contribution in [2.24, 2.45) is 0 Å². The Morgan fingerprint density at radius 3 is 2.65 bits per heavy atom. The fraction of sp³-hybridized carbons (Fsp3) is 0.150. The zero-order chi connectivity index (χ0) is 18.5. The molecule has 0 saturated carbocycles. The van der Waals surface area contributed by atoms with Crippen molar-refractivity contribution in [2.45, 2.75) is 13.0 Å². The second-order valence-electron chi connectivity index (χ2n) is 5.72. The highest BCUT2D eigenvalue weighted by Crippen LogP contribution is 2.26. The Kier molecular flexibility index (Phi) is 4.99. The van der Waals surface area contributed by atoms with E-state index in [4.69, 9.17) is 14.7 Å². The van der Waals surface area contributed by atoms with E-state index in [1.807, 2.05) is 30.3 Å². The molecule has 0 bridgehead atoms. The Labute approximate surface area is 150 Å². The maximum absolute atomic E-state index is 12.3. The lowest BCUT2D eigenvalue weighted by atomic mass is 10.1. The Morgan fingerprint density at radius 2 is 1.92 bits per heavy atom. The first-order chi connectivity index (χ1) is 12.6. The van der Waals surface area contributed by atoms with Gasteiger partial charge in [-0.3, -0.25) is 4.79 Å². The number of carbonyl (C=O) groups excluding carboxylic acids is 2. The number of para-hydroxylation sites is 1. The van der Waals surface area contributed by atoms with Gasteiger partial charge in [-0.1, -0.05) is 18.2 Å². The Bertz CT molecular complexity index is 910. The SMILES string of the molecule is C[C@@H](OC(=O)C1=Cc2ccccc2OC1)C(=O)Nc1ccc(C#N)cc1. The molecule has 0 aliphatic carbocycles. The average Bonchev–Trinajstić information content (AvgIpc) is 2.68. The van der Waals surface area contributed by atoms with Crippen molar-refractivity contribution in [3.63, 3.8) is 0 Å². The zero-order valence-corrected chi connectivity index (χ0v) is 14.1. The van der Waals surface area contributed by atoms with E-state index >= 15 is 0 Å². The molecule has 1 N–H and O–H groups in total. The third-order valence-corrected chi connectivity index (χ3v) is 3.83. The normalized spacial score (nSPS) is 13.3. The van der Waals surface area contributed by atoms with Gasteiger partial charge in [0.15, 0.2) is 6.10 Å². The number of nitrogens with one attached hydrogen (secondary N) is 1. The molecule has 0 saturated heterocycles. The molecule has 1 amide bonds. The summed E-state index contributed by atoms with van der Waals surface area (Å²) in [5.74, 6) is -0.349. The van der Waals surface area contributed by atoms with Crippen molar-refractivity contribution in [3.05, 3.63) is 65.2 Å². The highest BCUT2D eigenvalue weighted by Gasteiger charge is 2.23. The summed E-state index contributed by atoms with van der Waals surface area (Å²) in [6.45, 7) is 1.59. The molecule has 130 valence electrons. The van der Waals surface area contributed by atoms with Crippen LogP contribution in [0.25, 0.3) is 6.08 Å². The van der Waals surface area contributed by atoms with Crippen LogP contribution >= 0.6 is 0 Å². The van der Waals surface area contributed by atoms with Gasteiger partial charge in [0.05, 0.1) is 17.2 Å². The van der Waals surface area contributed by atoms with Crippen molar-refractivity contribution in [2.75, 3.05) is 11.9 Å². The van der Waals surface area contributed by atoms with Gasteiger partial charge in [-0.15, -0.1) is 0 Å². The predicted octanol–water partition coefficient (Wildman–Crippen LogP) is 2.90. The molecule has 0 fully saturated rings. The molecule has 2 aromatic carbocycles. The van der Waals surface area contributed by atoms with Crippen LogP contribution in [-0.2, 0) is 14.3 Å². The summed E-state index contributed by atoms with van der Waals surface area (Å²) in [4.78, 5) is 24.5. The maximum Gasteiger partial charge on any atom is 0.338 e. The van der Waals surface area contributed by atoms with Gasteiger partial charge in [-0.25, -0.2) is 4.79 Å².